The molecule has 2 heteroatoms. The van der Waals surface area contributed by atoms with Crippen molar-refractivity contribution >= 4 is 17.0 Å². The molecule has 0 aromatic heterocycles. The quantitative estimate of drug-likeness (QED) is 0.374. The van der Waals surface area contributed by atoms with Crippen molar-refractivity contribution < 1.29 is 25.8 Å². The minimum atomic E-state index is 0. The molecule has 0 atom stereocenters. The van der Waals surface area contributed by atoms with E-state index < -0.39 is 0 Å². The summed E-state index contributed by atoms with van der Waals surface area (Å²) in [7, 11) is 0. The maximum absolute atomic E-state index is 3.64. The van der Waals surface area contributed by atoms with Gasteiger partial charge in [-0.15, -0.1) is 17.0 Å². The summed E-state index contributed by atoms with van der Waals surface area (Å²) < 4.78 is 0. The van der Waals surface area contributed by atoms with Crippen LogP contribution in [-0.2, 0) is 25.8 Å². The van der Waals surface area contributed by atoms with E-state index >= 15 is 0 Å². The molecule has 0 nitrogen and oxygen atoms in total. The van der Waals surface area contributed by atoms with Gasteiger partial charge in [0.25, 0.3) is 0 Å². The summed E-state index contributed by atoms with van der Waals surface area (Å²) in [5.41, 5.74) is 0. The van der Waals surface area contributed by atoms with Crippen LogP contribution in [0.25, 0.3) is 0 Å². The first-order valence-corrected chi connectivity index (χ1v) is 4.69. The van der Waals surface area contributed by atoms with E-state index in [9.17, 15) is 0 Å². The van der Waals surface area contributed by atoms with Crippen LogP contribution in [0.15, 0.2) is 0 Å². The zero-order valence-electron chi connectivity index (χ0n) is 10.8. The van der Waals surface area contributed by atoms with Crippen molar-refractivity contribution in [2.75, 3.05) is 0 Å². The van der Waals surface area contributed by atoms with Gasteiger partial charge in [0.1, 0.15) is 0 Å². The Balaban J connectivity index is -0.0000000270. The van der Waals surface area contributed by atoms with E-state index in [2.05, 4.69) is 62.3 Å². The number of hydrogen-bond acceptors (Lipinski definition) is 0. The molecule has 0 radical (unpaired) electrons. The second-order valence-corrected chi connectivity index (χ2v) is 4.18. The van der Waals surface area contributed by atoms with Gasteiger partial charge >= 0.3 is 0 Å². The molecule has 0 bridgehead atoms. The molecule has 0 amide bonds. The van der Waals surface area contributed by atoms with E-state index in [1.54, 1.807) is 0 Å². The summed E-state index contributed by atoms with van der Waals surface area (Å²) in [6.07, 6.45) is 0. The van der Waals surface area contributed by atoms with E-state index in [1.807, 2.05) is 0 Å². The van der Waals surface area contributed by atoms with Gasteiger partial charge in [0, 0.05) is 25.8 Å². The summed E-state index contributed by atoms with van der Waals surface area (Å²) in [5.74, 6) is 1.75. The molecule has 0 heterocycles. The summed E-state index contributed by atoms with van der Waals surface area (Å²) in [6.45, 7) is 23.2. The Morgan fingerprint density at radius 1 is 0.571 bits per heavy atom. The van der Waals surface area contributed by atoms with Gasteiger partial charge in [-0.3, -0.25) is 0 Å². The minimum Gasteiger partial charge on any atom is -0.341 e. The Bertz CT molecular complexity index is 38.8. The van der Waals surface area contributed by atoms with E-state index in [0.29, 0.717) is 17.8 Å². The van der Waals surface area contributed by atoms with E-state index in [1.165, 1.54) is 0 Å². The summed E-state index contributed by atoms with van der Waals surface area (Å²) in [5, 5.41) is 0. The van der Waals surface area contributed by atoms with Crippen molar-refractivity contribution in [2.45, 2.75) is 41.5 Å². The molecule has 90 valence electrons. The average molecular weight is 431 g/mol. The van der Waals surface area contributed by atoms with Crippen molar-refractivity contribution in [1.82, 2.24) is 0 Å². The van der Waals surface area contributed by atoms with Crippen LogP contribution in [0.4, 0.5) is 0 Å². The fourth-order valence-corrected chi connectivity index (χ4v) is 0. The Morgan fingerprint density at radius 2 is 0.571 bits per heavy atom. The molecule has 0 unspecified atom stereocenters. The number of hydrogen-bond donors (Lipinski definition) is 0. The molecule has 0 aliphatic rings. The molecule has 0 spiro atoms. The average Bonchev–Trinajstić information content (AvgIpc) is 1.54. The van der Waals surface area contributed by atoms with E-state index in [4.69, 9.17) is 0 Å². The standard InChI is InChI=1S/3C4H9.BrH.Hf/c3*1-4(2)3;;/h3*4H,1H2,2-3H3;1H;/q3*-1;;. The molecule has 0 aromatic rings. The molecule has 0 saturated heterocycles. The number of halogens is 1. The van der Waals surface area contributed by atoms with Crippen LogP contribution in [-0.4, -0.2) is 0 Å². The van der Waals surface area contributed by atoms with Crippen LogP contribution in [0.5, 0.6) is 0 Å². The van der Waals surface area contributed by atoms with Crippen molar-refractivity contribution in [2.24, 2.45) is 17.8 Å². The Labute approximate surface area is 122 Å². The molecule has 0 aromatic carbocycles. The van der Waals surface area contributed by atoms with Crippen LogP contribution < -0.4 is 0 Å². The van der Waals surface area contributed by atoms with Gasteiger partial charge in [0.05, 0.1) is 0 Å². The first-order valence-electron chi connectivity index (χ1n) is 4.69. The zero-order valence-corrected chi connectivity index (χ0v) is 16.1. The van der Waals surface area contributed by atoms with Crippen molar-refractivity contribution in [3.05, 3.63) is 20.8 Å². The van der Waals surface area contributed by atoms with Crippen molar-refractivity contribution in [3.8, 4) is 0 Å². The van der Waals surface area contributed by atoms with Gasteiger partial charge in [-0.2, -0.15) is 17.8 Å². The molecular weight excluding hydrogens is 403 g/mol. The summed E-state index contributed by atoms with van der Waals surface area (Å²) in [6, 6.07) is 0. The summed E-state index contributed by atoms with van der Waals surface area (Å²) >= 11 is 0. The normalized spacial score (nSPS) is 7.71. The van der Waals surface area contributed by atoms with Crippen molar-refractivity contribution in [3.63, 3.8) is 0 Å². The molecule has 14 heavy (non-hydrogen) atoms. The Morgan fingerprint density at radius 3 is 0.571 bits per heavy atom. The smallest absolute Gasteiger partial charge is 0 e. The molecule has 0 aliphatic heterocycles. The first-order chi connectivity index (χ1) is 5.20. The zero-order chi connectivity index (χ0) is 10.7. The van der Waals surface area contributed by atoms with Gasteiger partial charge < -0.3 is 20.8 Å². The largest absolute Gasteiger partial charge is 0.341 e. The topological polar surface area (TPSA) is 0 Å². The predicted octanol–water partition coefficient (Wildman–Crippen LogP) is 5.00. The predicted molar refractivity (Wildman–Crippen MR) is 70.9 cm³/mol. The van der Waals surface area contributed by atoms with Crippen LogP contribution in [0, 0.1) is 38.5 Å². The Kier molecular flexibility index (Phi) is 50.3. The van der Waals surface area contributed by atoms with Gasteiger partial charge in [0.2, 0.25) is 0 Å². The molecule has 0 aliphatic carbocycles. The molecule has 0 N–H and O–H groups in total. The van der Waals surface area contributed by atoms with E-state index in [-0.39, 0.29) is 42.8 Å². The SMILES string of the molecule is Br.[CH2-]C(C)C.[CH2-]C(C)C.[CH2-]C(C)C.[Hf]. The maximum Gasteiger partial charge on any atom is 0 e. The first kappa shape index (κ1) is 29.5. The van der Waals surface area contributed by atoms with Crippen molar-refractivity contribution in [1.29, 1.82) is 0 Å². The fraction of sp³-hybridized carbons (Fsp3) is 0.750. The summed E-state index contributed by atoms with van der Waals surface area (Å²) in [4.78, 5) is 0. The second kappa shape index (κ2) is 23.9. The van der Waals surface area contributed by atoms with Crippen LogP contribution in [0.2, 0.25) is 0 Å². The third-order valence-electron chi connectivity index (χ3n) is 0. The van der Waals surface area contributed by atoms with Gasteiger partial charge in [0.15, 0.2) is 0 Å². The molecule has 0 fully saturated rings. The van der Waals surface area contributed by atoms with Gasteiger partial charge in [-0.1, -0.05) is 41.5 Å². The molecule has 0 rings (SSSR count). The second-order valence-electron chi connectivity index (χ2n) is 4.18. The Hall–Kier alpha value is 1.35. The fourth-order valence-electron chi connectivity index (χ4n) is 0. The van der Waals surface area contributed by atoms with Crippen LogP contribution >= 0.6 is 17.0 Å². The van der Waals surface area contributed by atoms with E-state index in [0.717, 1.165) is 0 Å². The maximum atomic E-state index is 3.64. The van der Waals surface area contributed by atoms with Gasteiger partial charge in [-0.25, -0.2) is 0 Å². The van der Waals surface area contributed by atoms with Crippen LogP contribution in [0.3, 0.4) is 0 Å². The van der Waals surface area contributed by atoms with Crippen LogP contribution in [0.1, 0.15) is 41.5 Å². The monoisotopic (exact) mass is 431 g/mol. The third kappa shape index (κ3) is 1120. The minimum absolute atomic E-state index is 0. The number of rotatable bonds is 0. The molecule has 0 saturated carbocycles. The molecular formula is C12H28BrHf-3. The van der Waals surface area contributed by atoms with Gasteiger partial charge in [-0.05, 0) is 0 Å². The third-order valence-corrected chi connectivity index (χ3v) is 0.